The molecule has 1 N–H and O–H groups in total. The van der Waals surface area contributed by atoms with Crippen molar-refractivity contribution in [2.75, 3.05) is 5.32 Å². The topological polar surface area (TPSA) is 85.1 Å². The van der Waals surface area contributed by atoms with Gasteiger partial charge >= 0.3 is 0 Å². The molecule has 1 amide bonds. The maximum atomic E-state index is 12.1. The molecule has 2 aromatic rings. The summed E-state index contributed by atoms with van der Waals surface area (Å²) in [6.07, 6.45) is 3.10. The first-order valence-corrected chi connectivity index (χ1v) is 6.03. The molecular formula is C13H10ClN3O3. The van der Waals surface area contributed by atoms with Crippen LogP contribution in [-0.2, 0) is 0 Å². The van der Waals surface area contributed by atoms with Crippen LogP contribution in [0.2, 0.25) is 5.02 Å². The Morgan fingerprint density at radius 3 is 2.80 bits per heavy atom. The van der Waals surface area contributed by atoms with E-state index in [1.165, 1.54) is 24.4 Å². The van der Waals surface area contributed by atoms with Gasteiger partial charge in [0.2, 0.25) is 0 Å². The highest BCUT2D eigenvalue weighted by Crippen LogP contribution is 2.28. The second-order valence-electron chi connectivity index (χ2n) is 4.04. The Hall–Kier alpha value is -2.47. The average Bonchev–Trinajstić information content (AvgIpc) is 2.41. The van der Waals surface area contributed by atoms with Crippen LogP contribution in [0.3, 0.4) is 0 Å². The third-order valence-electron chi connectivity index (χ3n) is 2.71. The third-order valence-corrected chi connectivity index (χ3v) is 3.10. The maximum Gasteiger partial charge on any atom is 0.288 e. The van der Waals surface area contributed by atoms with Crippen molar-refractivity contribution in [2.45, 2.75) is 6.92 Å². The van der Waals surface area contributed by atoms with Gasteiger partial charge in [0.1, 0.15) is 5.02 Å². The number of pyridine rings is 1. The summed E-state index contributed by atoms with van der Waals surface area (Å²) < 4.78 is 0. The lowest BCUT2D eigenvalue weighted by molar-refractivity contribution is -0.384. The zero-order chi connectivity index (χ0) is 14.7. The number of nitro groups is 1. The van der Waals surface area contributed by atoms with Crippen molar-refractivity contribution < 1.29 is 9.72 Å². The van der Waals surface area contributed by atoms with Gasteiger partial charge in [-0.1, -0.05) is 17.7 Å². The summed E-state index contributed by atoms with van der Waals surface area (Å²) in [6.45, 7) is 1.81. The minimum absolute atomic E-state index is 0.0455. The van der Waals surface area contributed by atoms with E-state index in [-0.39, 0.29) is 16.3 Å². The number of nitrogens with zero attached hydrogens (tertiary/aromatic N) is 2. The van der Waals surface area contributed by atoms with Crippen LogP contribution < -0.4 is 5.32 Å². The molecule has 0 aliphatic heterocycles. The number of nitrogens with one attached hydrogen (secondary N) is 1. The summed E-state index contributed by atoms with van der Waals surface area (Å²) in [5, 5.41) is 13.2. The smallest absolute Gasteiger partial charge is 0.288 e. The standard InChI is InChI=1S/C13H10ClN3O3/c1-8-5-6-15-7-10(8)16-13(18)9-3-2-4-11(12(9)14)17(19)20/h2-7H,1H3,(H,16,18). The van der Waals surface area contributed by atoms with Gasteiger partial charge in [-0.15, -0.1) is 0 Å². The van der Waals surface area contributed by atoms with E-state index in [9.17, 15) is 14.9 Å². The molecule has 0 atom stereocenters. The highest BCUT2D eigenvalue weighted by molar-refractivity contribution is 6.36. The first kappa shape index (κ1) is 14.0. The molecule has 1 aromatic carbocycles. The van der Waals surface area contributed by atoms with E-state index in [0.29, 0.717) is 5.69 Å². The number of hydrogen-bond donors (Lipinski definition) is 1. The van der Waals surface area contributed by atoms with Crippen molar-refractivity contribution in [2.24, 2.45) is 0 Å². The first-order chi connectivity index (χ1) is 9.50. The monoisotopic (exact) mass is 291 g/mol. The molecule has 0 fully saturated rings. The van der Waals surface area contributed by atoms with E-state index in [2.05, 4.69) is 10.3 Å². The van der Waals surface area contributed by atoms with Crippen molar-refractivity contribution in [3.63, 3.8) is 0 Å². The Morgan fingerprint density at radius 1 is 1.40 bits per heavy atom. The van der Waals surface area contributed by atoms with Crippen LogP contribution in [0.15, 0.2) is 36.7 Å². The minimum Gasteiger partial charge on any atom is -0.320 e. The number of carbonyl (C=O) groups excluding carboxylic acids is 1. The number of carbonyl (C=O) groups is 1. The lowest BCUT2D eigenvalue weighted by Crippen LogP contribution is -2.14. The number of amides is 1. The largest absolute Gasteiger partial charge is 0.320 e. The van der Waals surface area contributed by atoms with E-state index in [1.54, 1.807) is 12.3 Å². The van der Waals surface area contributed by atoms with Gasteiger partial charge in [-0.3, -0.25) is 19.9 Å². The summed E-state index contributed by atoms with van der Waals surface area (Å²) in [6, 6.07) is 5.82. The van der Waals surface area contributed by atoms with Gasteiger partial charge in [0.25, 0.3) is 11.6 Å². The van der Waals surface area contributed by atoms with Crippen molar-refractivity contribution in [3.05, 3.63) is 62.9 Å². The number of aromatic nitrogens is 1. The highest BCUT2D eigenvalue weighted by atomic mass is 35.5. The summed E-state index contributed by atoms with van der Waals surface area (Å²) in [5.41, 5.74) is 1.10. The maximum absolute atomic E-state index is 12.1. The molecule has 1 aromatic heterocycles. The van der Waals surface area contributed by atoms with Crippen LogP contribution >= 0.6 is 11.6 Å². The Kier molecular flexibility index (Phi) is 3.95. The number of aryl methyl sites for hydroxylation is 1. The summed E-state index contributed by atoms with van der Waals surface area (Å²) in [5.74, 6) is -0.519. The van der Waals surface area contributed by atoms with Crippen LogP contribution in [0.5, 0.6) is 0 Å². The normalized spacial score (nSPS) is 10.1. The lowest BCUT2D eigenvalue weighted by atomic mass is 10.1. The fraction of sp³-hybridized carbons (Fsp3) is 0.0769. The second kappa shape index (κ2) is 5.66. The first-order valence-electron chi connectivity index (χ1n) is 5.65. The summed E-state index contributed by atoms with van der Waals surface area (Å²) in [7, 11) is 0. The molecule has 6 nitrogen and oxygen atoms in total. The number of benzene rings is 1. The minimum atomic E-state index is -0.631. The molecule has 0 spiro atoms. The summed E-state index contributed by atoms with van der Waals surface area (Å²) >= 11 is 5.89. The molecule has 0 saturated heterocycles. The Morgan fingerprint density at radius 2 is 2.15 bits per heavy atom. The molecule has 7 heteroatoms. The van der Waals surface area contributed by atoms with Crippen molar-refractivity contribution in [1.82, 2.24) is 4.98 Å². The quantitative estimate of drug-likeness (QED) is 0.695. The van der Waals surface area contributed by atoms with Gasteiger partial charge in [0, 0.05) is 12.3 Å². The number of halogens is 1. The summed E-state index contributed by atoms with van der Waals surface area (Å²) in [4.78, 5) is 26.2. The number of nitro benzene ring substituents is 1. The van der Waals surface area contributed by atoms with E-state index >= 15 is 0 Å². The molecule has 102 valence electrons. The van der Waals surface area contributed by atoms with Crippen LogP contribution in [0.4, 0.5) is 11.4 Å². The fourth-order valence-electron chi connectivity index (χ4n) is 1.62. The average molecular weight is 292 g/mol. The van der Waals surface area contributed by atoms with Crippen molar-refractivity contribution >= 4 is 28.9 Å². The highest BCUT2D eigenvalue weighted by Gasteiger charge is 2.20. The molecule has 1 heterocycles. The Labute approximate surface area is 119 Å². The number of anilines is 1. The second-order valence-corrected chi connectivity index (χ2v) is 4.42. The molecule has 0 aliphatic rings. The molecule has 0 saturated carbocycles. The molecule has 0 unspecified atom stereocenters. The molecule has 0 aliphatic carbocycles. The van der Waals surface area contributed by atoms with Gasteiger partial charge in [-0.2, -0.15) is 0 Å². The van der Waals surface area contributed by atoms with E-state index in [1.807, 2.05) is 6.92 Å². The zero-order valence-electron chi connectivity index (χ0n) is 10.5. The molecular weight excluding hydrogens is 282 g/mol. The Bertz CT molecular complexity index is 688. The van der Waals surface area contributed by atoms with E-state index < -0.39 is 10.8 Å². The van der Waals surface area contributed by atoms with Gasteiger partial charge in [-0.05, 0) is 24.6 Å². The van der Waals surface area contributed by atoms with Gasteiger partial charge in [0.15, 0.2) is 0 Å². The van der Waals surface area contributed by atoms with Crippen molar-refractivity contribution in [3.8, 4) is 0 Å². The van der Waals surface area contributed by atoms with Crippen LogP contribution in [0, 0.1) is 17.0 Å². The molecule has 20 heavy (non-hydrogen) atoms. The van der Waals surface area contributed by atoms with Gasteiger partial charge in [-0.25, -0.2) is 0 Å². The predicted molar refractivity (Wildman–Crippen MR) is 75.0 cm³/mol. The SMILES string of the molecule is Cc1ccncc1NC(=O)c1cccc([N+](=O)[O-])c1Cl. The zero-order valence-corrected chi connectivity index (χ0v) is 11.2. The molecule has 0 radical (unpaired) electrons. The van der Waals surface area contributed by atoms with E-state index in [0.717, 1.165) is 5.56 Å². The van der Waals surface area contributed by atoms with Crippen LogP contribution in [0.25, 0.3) is 0 Å². The number of hydrogen-bond acceptors (Lipinski definition) is 4. The predicted octanol–water partition coefficient (Wildman–Crippen LogP) is 3.20. The van der Waals surface area contributed by atoms with Crippen LogP contribution in [-0.4, -0.2) is 15.8 Å². The molecule has 2 rings (SSSR count). The molecule has 0 bridgehead atoms. The van der Waals surface area contributed by atoms with Gasteiger partial charge in [0.05, 0.1) is 22.4 Å². The third kappa shape index (κ3) is 2.75. The lowest BCUT2D eigenvalue weighted by Gasteiger charge is -2.08. The van der Waals surface area contributed by atoms with E-state index in [4.69, 9.17) is 11.6 Å². The van der Waals surface area contributed by atoms with Gasteiger partial charge < -0.3 is 5.32 Å². The Balaban J connectivity index is 2.33. The number of rotatable bonds is 3. The fourth-order valence-corrected chi connectivity index (χ4v) is 1.90. The van der Waals surface area contributed by atoms with Crippen molar-refractivity contribution in [1.29, 1.82) is 0 Å². The van der Waals surface area contributed by atoms with Crippen LogP contribution in [0.1, 0.15) is 15.9 Å².